The molecular weight excluding hydrogens is 477 g/mol. The van der Waals surface area contributed by atoms with E-state index in [0.717, 1.165) is 25.3 Å². The summed E-state index contributed by atoms with van der Waals surface area (Å²) in [6.07, 6.45) is 4.88. The number of hydrogen-bond donors (Lipinski definition) is 0. The molecule has 188 valence electrons. The minimum atomic E-state index is 0. The molecule has 0 amide bonds. The molecule has 0 aliphatic carbocycles. The van der Waals surface area contributed by atoms with Crippen molar-refractivity contribution in [1.82, 2.24) is 4.90 Å². The van der Waals surface area contributed by atoms with Crippen molar-refractivity contribution in [1.29, 1.82) is 0 Å². The van der Waals surface area contributed by atoms with Crippen molar-refractivity contribution in [3.8, 4) is 5.75 Å². The predicted molar refractivity (Wildman–Crippen MR) is 152 cm³/mol. The Labute approximate surface area is 222 Å². The van der Waals surface area contributed by atoms with Gasteiger partial charge in [0.2, 0.25) is 0 Å². The first kappa shape index (κ1) is 27.2. The molecule has 2 aliphatic rings. The van der Waals surface area contributed by atoms with Crippen molar-refractivity contribution < 1.29 is 4.74 Å². The molecule has 4 nitrogen and oxygen atoms in total. The first-order chi connectivity index (χ1) is 16.2. The van der Waals surface area contributed by atoms with Gasteiger partial charge in [-0.3, -0.25) is 4.90 Å². The Hall–Kier alpha value is -2.40. The highest BCUT2D eigenvalue weighted by Crippen LogP contribution is 2.40. The molecule has 5 rings (SSSR count). The number of nitrogens with zero attached hydrogens (tertiary/aromatic N) is 3. The molecule has 0 bridgehead atoms. The van der Waals surface area contributed by atoms with Crippen molar-refractivity contribution in [3.63, 3.8) is 0 Å². The van der Waals surface area contributed by atoms with Gasteiger partial charge in [-0.2, -0.15) is 0 Å². The molecule has 2 aliphatic heterocycles. The lowest BCUT2D eigenvalue weighted by Crippen LogP contribution is -2.39. The second-order valence-corrected chi connectivity index (χ2v) is 9.50. The number of para-hydroxylation sites is 3. The van der Waals surface area contributed by atoms with Gasteiger partial charge in [-0.25, -0.2) is 0 Å². The quantitative estimate of drug-likeness (QED) is 0.348. The SMILES string of the molecule is CN(C)c1cccc(CCCN2CCCC2CN2c3ccccc3COc3ccccc32)c1.Cl.Cl. The van der Waals surface area contributed by atoms with E-state index in [1.165, 1.54) is 54.0 Å². The van der Waals surface area contributed by atoms with Gasteiger partial charge in [-0.1, -0.05) is 42.5 Å². The summed E-state index contributed by atoms with van der Waals surface area (Å²) in [7, 11) is 4.22. The highest BCUT2D eigenvalue weighted by molar-refractivity contribution is 5.85. The van der Waals surface area contributed by atoms with E-state index in [1.807, 2.05) is 0 Å². The standard InChI is InChI=1S/C29H35N3O.2ClH/c1-30(2)25-13-7-10-23(20-25)11-8-18-31-19-9-14-26(31)21-32-27-15-4-3-12-24(27)22-33-29-17-6-5-16-28(29)32;;/h3-7,10,12-13,15-17,20,26H,8-9,11,14,18-19,21-22H2,1-2H3;2*1H. The zero-order chi connectivity index (χ0) is 22.6. The minimum Gasteiger partial charge on any atom is -0.487 e. The highest BCUT2D eigenvalue weighted by atomic mass is 35.5. The zero-order valence-corrected chi connectivity index (χ0v) is 22.4. The molecule has 1 fully saturated rings. The lowest BCUT2D eigenvalue weighted by Gasteiger charge is -2.32. The Balaban J connectivity index is 0.00000171. The molecule has 0 aromatic heterocycles. The van der Waals surface area contributed by atoms with Crippen molar-refractivity contribution in [2.45, 2.75) is 38.3 Å². The Morgan fingerprint density at radius 3 is 2.51 bits per heavy atom. The number of halogens is 2. The van der Waals surface area contributed by atoms with Crippen LogP contribution in [0, 0.1) is 0 Å². The third kappa shape index (κ3) is 6.24. The third-order valence-electron chi connectivity index (χ3n) is 7.05. The van der Waals surface area contributed by atoms with Crippen molar-refractivity contribution in [2.75, 3.05) is 43.5 Å². The van der Waals surface area contributed by atoms with Crippen molar-refractivity contribution in [3.05, 3.63) is 83.9 Å². The number of anilines is 3. The molecule has 2 heterocycles. The number of likely N-dealkylation sites (tertiary alicyclic amines) is 1. The summed E-state index contributed by atoms with van der Waals surface area (Å²) in [5, 5.41) is 0. The van der Waals surface area contributed by atoms with Crippen LogP contribution in [0.1, 0.15) is 30.4 Å². The summed E-state index contributed by atoms with van der Waals surface area (Å²) in [5.41, 5.74) is 6.46. The maximum atomic E-state index is 6.18. The summed E-state index contributed by atoms with van der Waals surface area (Å²) < 4.78 is 6.18. The lowest BCUT2D eigenvalue weighted by molar-refractivity contribution is 0.255. The first-order valence-corrected chi connectivity index (χ1v) is 12.3. The number of aryl methyl sites for hydroxylation is 1. The fourth-order valence-corrected chi connectivity index (χ4v) is 5.26. The van der Waals surface area contributed by atoms with E-state index in [4.69, 9.17) is 4.74 Å². The summed E-state index contributed by atoms with van der Waals surface area (Å²) >= 11 is 0. The van der Waals surface area contributed by atoms with E-state index in [1.54, 1.807) is 0 Å². The molecule has 1 saturated heterocycles. The van der Waals surface area contributed by atoms with Crippen LogP contribution in [0.15, 0.2) is 72.8 Å². The lowest BCUT2D eigenvalue weighted by atomic mass is 10.1. The maximum Gasteiger partial charge on any atom is 0.143 e. The van der Waals surface area contributed by atoms with E-state index in [0.29, 0.717) is 12.6 Å². The van der Waals surface area contributed by atoms with Gasteiger partial charge in [-0.15, -0.1) is 24.8 Å². The Kier molecular flexibility index (Phi) is 9.73. The molecular formula is C29H37Cl2N3O. The molecule has 6 heteroatoms. The average molecular weight is 515 g/mol. The molecule has 3 aromatic rings. The van der Waals surface area contributed by atoms with Crippen LogP contribution in [-0.4, -0.2) is 44.7 Å². The van der Waals surface area contributed by atoms with Crippen LogP contribution in [0.5, 0.6) is 5.75 Å². The topological polar surface area (TPSA) is 19.0 Å². The number of rotatable bonds is 7. The van der Waals surface area contributed by atoms with E-state index < -0.39 is 0 Å². The zero-order valence-electron chi connectivity index (χ0n) is 20.7. The highest BCUT2D eigenvalue weighted by Gasteiger charge is 2.29. The molecule has 0 N–H and O–H groups in total. The number of ether oxygens (including phenoxy) is 1. The maximum absolute atomic E-state index is 6.18. The molecule has 3 aromatic carbocycles. The van der Waals surface area contributed by atoms with Crippen LogP contribution in [0.3, 0.4) is 0 Å². The second-order valence-electron chi connectivity index (χ2n) is 9.50. The van der Waals surface area contributed by atoms with Gasteiger partial charge >= 0.3 is 0 Å². The molecule has 1 unspecified atom stereocenters. The van der Waals surface area contributed by atoms with Gasteiger partial charge in [0.25, 0.3) is 0 Å². The molecule has 0 saturated carbocycles. The van der Waals surface area contributed by atoms with Gasteiger partial charge < -0.3 is 14.5 Å². The normalized spacial score (nSPS) is 16.7. The predicted octanol–water partition coefficient (Wildman–Crippen LogP) is 6.72. The first-order valence-electron chi connectivity index (χ1n) is 12.3. The Bertz CT molecular complexity index is 1040. The minimum absolute atomic E-state index is 0. The largest absolute Gasteiger partial charge is 0.487 e. The van der Waals surface area contributed by atoms with E-state index in [2.05, 4.69) is 102 Å². The number of benzene rings is 3. The Morgan fingerprint density at radius 1 is 0.914 bits per heavy atom. The average Bonchev–Trinajstić information content (AvgIpc) is 3.22. The van der Waals surface area contributed by atoms with Gasteiger partial charge in [0.1, 0.15) is 12.4 Å². The fraction of sp³-hybridized carbons (Fsp3) is 0.379. The third-order valence-corrected chi connectivity index (χ3v) is 7.05. The van der Waals surface area contributed by atoms with Gasteiger partial charge in [0, 0.05) is 43.6 Å². The van der Waals surface area contributed by atoms with E-state index >= 15 is 0 Å². The van der Waals surface area contributed by atoms with Crippen LogP contribution in [0.4, 0.5) is 17.1 Å². The molecule has 1 atom stereocenters. The van der Waals surface area contributed by atoms with E-state index in [-0.39, 0.29) is 24.8 Å². The van der Waals surface area contributed by atoms with Gasteiger partial charge in [-0.05, 0) is 74.7 Å². The smallest absolute Gasteiger partial charge is 0.143 e. The monoisotopic (exact) mass is 513 g/mol. The van der Waals surface area contributed by atoms with Crippen LogP contribution in [0.2, 0.25) is 0 Å². The summed E-state index contributed by atoms with van der Waals surface area (Å²) in [6, 6.07) is 26.7. The summed E-state index contributed by atoms with van der Waals surface area (Å²) in [4.78, 5) is 7.40. The van der Waals surface area contributed by atoms with Crippen LogP contribution in [-0.2, 0) is 13.0 Å². The van der Waals surface area contributed by atoms with Crippen LogP contribution < -0.4 is 14.5 Å². The summed E-state index contributed by atoms with van der Waals surface area (Å²) in [6.45, 7) is 4.00. The van der Waals surface area contributed by atoms with Crippen LogP contribution in [0.25, 0.3) is 0 Å². The molecule has 35 heavy (non-hydrogen) atoms. The summed E-state index contributed by atoms with van der Waals surface area (Å²) in [5.74, 6) is 0.985. The van der Waals surface area contributed by atoms with Gasteiger partial charge in [0.15, 0.2) is 0 Å². The number of hydrogen-bond acceptors (Lipinski definition) is 4. The van der Waals surface area contributed by atoms with Crippen molar-refractivity contribution in [2.24, 2.45) is 0 Å². The fourth-order valence-electron chi connectivity index (χ4n) is 5.26. The van der Waals surface area contributed by atoms with Crippen LogP contribution >= 0.6 is 24.8 Å². The van der Waals surface area contributed by atoms with E-state index in [9.17, 15) is 0 Å². The molecule has 0 spiro atoms. The Morgan fingerprint density at radius 2 is 1.69 bits per heavy atom. The van der Waals surface area contributed by atoms with Gasteiger partial charge in [0.05, 0.1) is 5.69 Å². The number of fused-ring (bicyclic) bond motifs is 2. The molecule has 0 radical (unpaired) electrons. The second kappa shape index (κ2) is 12.5. The van der Waals surface area contributed by atoms with Crippen molar-refractivity contribution >= 4 is 41.9 Å².